The number of rotatable bonds is 5. The highest BCUT2D eigenvalue weighted by molar-refractivity contribution is 5.88. The lowest BCUT2D eigenvalue weighted by molar-refractivity contribution is -0.114. The Hall–Kier alpha value is -3.51. The first-order valence-electron chi connectivity index (χ1n) is 7.09. The molecule has 0 saturated heterocycles. The van der Waals surface area contributed by atoms with Gasteiger partial charge in [-0.05, 0) is 13.8 Å². The summed E-state index contributed by atoms with van der Waals surface area (Å²) in [6, 6.07) is 0. The van der Waals surface area contributed by atoms with Gasteiger partial charge in [0.15, 0.2) is 0 Å². The Labute approximate surface area is 141 Å². The Bertz CT molecular complexity index is 725. The van der Waals surface area contributed by atoms with Crippen molar-refractivity contribution in [2.75, 3.05) is 24.3 Å². The minimum absolute atomic E-state index is 0.0318. The Morgan fingerprint density at radius 1 is 1.00 bits per heavy atom. The number of nitrogens with two attached hydrogens (primary N) is 1. The molecule has 0 aliphatic rings. The molecule has 13 nitrogen and oxygen atoms in total. The lowest BCUT2D eigenvalue weighted by Gasteiger charge is -1.95. The molecule has 136 valence electrons. The number of ether oxygens (including phenoxy) is 2. The summed E-state index contributed by atoms with van der Waals surface area (Å²) in [6.45, 7) is 5.27. The number of esters is 2. The van der Waals surface area contributed by atoms with Crippen LogP contribution >= 0.6 is 0 Å². The molecule has 2 aromatic rings. The number of aromatic amines is 2. The van der Waals surface area contributed by atoms with Crippen LogP contribution in [0.25, 0.3) is 0 Å². The molecule has 0 spiro atoms. The van der Waals surface area contributed by atoms with Crippen LogP contribution in [-0.2, 0) is 14.3 Å². The molecule has 5 N–H and O–H groups in total. The van der Waals surface area contributed by atoms with Crippen molar-refractivity contribution in [3.63, 3.8) is 0 Å². The molecule has 0 aromatic carbocycles. The topological polar surface area (TPSA) is 191 Å². The average Bonchev–Trinajstić information content (AvgIpc) is 3.17. The van der Waals surface area contributed by atoms with Gasteiger partial charge >= 0.3 is 11.9 Å². The summed E-state index contributed by atoms with van der Waals surface area (Å²) in [5.41, 5.74) is 5.15. The smallest absolute Gasteiger partial charge is 0.375 e. The van der Waals surface area contributed by atoms with Gasteiger partial charge < -0.3 is 15.2 Å². The number of nitrogen functional groups attached to an aromatic ring is 1. The maximum absolute atomic E-state index is 11.1. The van der Waals surface area contributed by atoms with Gasteiger partial charge in [-0.1, -0.05) is 0 Å². The molecule has 0 unspecified atom stereocenters. The van der Waals surface area contributed by atoms with Crippen molar-refractivity contribution in [1.29, 1.82) is 0 Å². The molecule has 0 bridgehead atoms. The van der Waals surface area contributed by atoms with Crippen LogP contribution < -0.4 is 11.1 Å². The summed E-state index contributed by atoms with van der Waals surface area (Å²) >= 11 is 0. The van der Waals surface area contributed by atoms with Crippen LogP contribution in [0.4, 0.5) is 11.9 Å². The first kappa shape index (κ1) is 19.5. The summed E-state index contributed by atoms with van der Waals surface area (Å²) in [5.74, 6) is -1.36. The van der Waals surface area contributed by atoms with E-state index < -0.39 is 11.9 Å². The average molecular weight is 354 g/mol. The number of carbonyl (C=O) groups excluding carboxylic acids is 3. The second-order valence-corrected chi connectivity index (χ2v) is 4.17. The minimum atomic E-state index is -0.600. The molecule has 0 aliphatic heterocycles. The molecule has 2 aromatic heterocycles. The van der Waals surface area contributed by atoms with Crippen LogP contribution in [0.5, 0.6) is 0 Å². The quantitative estimate of drug-likeness (QED) is 0.509. The molecule has 13 heteroatoms. The predicted molar refractivity (Wildman–Crippen MR) is 83.4 cm³/mol. The fraction of sp³-hybridized carbons (Fsp3) is 0.417. The number of hydrogen-bond donors (Lipinski definition) is 4. The molecule has 2 heterocycles. The number of aromatic nitrogens is 6. The number of nitrogens with one attached hydrogen (secondary N) is 3. The van der Waals surface area contributed by atoms with E-state index in [0.717, 1.165) is 0 Å². The zero-order valence-electron chi connectivity index (χ0n) is 13.8. The van der Waals surface area contributed by atoms with Crippen molar-refractivity contribution in [3.05, 3.63) is 11.6 Å². The fourth-order valence-corrected chi connectivity index (χ4v) is 1.33. The molecule has 0 saturated carbocycles. The van der Waals surface area contributed by atoms with Crippen LogP contribution in [0.15, 0.2) is 0 Å². The van der Waals surface area contributed by atoms with E-state index in [1.165, 1.54) is 6.92 Å². The molecular weight excluding hydrogens is 336 g/mol. The lowest BCUT2D eigenvalue weighted by atomic mass is 10.6. The van der Waals surface area contributed by atoms with E-state index in [0.29, 0.717) is 6.61 Å². The van der Waals surface area contributed by atoms with Gasteiger partial charge in [0.1, 0.15) is 0 Å². The molecule has 0 aliphatic carbocycles. The van der Waals surface area contributed by atoms with E-state index >= 15 is 0 Å². The molecule has 0 fully saturated rings. The van der Waals surface area contributed by atoms with Crippen LogP contribution in [0.2, 0.25) is 0 Å². The molecule has 0 radical (unpaired) electrons. The minimum Gasteiger partial charge on any atom is -0.460 e. The van der Waals surface area contributed by atoms with Crippen molar-refractivity contribution in [3.8, 4) is 0 Å². The largest absolute Gasteiger partial charge is 0.460 e. The zero-order valence-corrected chi connectivity index (χ0v) is 13.8. The molecule has 0 atom stereocenters. The molecule has 1 amide bonds. The van der Waals surface area contributed by atoms with E-state index in [1.54, 1.807) is 13.8 Å². The van der Waals surface area contributed by atoms with E-state index in [-0.39, 0.29) is 36.1 Å². The third-order valence-electron chi connectivity index (χ3n) is 2.21. The highest BCUT2D eigenvalue weighted by Crippen LogP contribution is 1.99. The monoisotopic (exact) mass is 354 g/mol. The highest BCUT2D eigenvalue weighted by atomic mass is 16.5. The van der Waals surface area contributed by atoms with E-state index in [1.807, 2.05) is 0 Å². The van der Waals surface area contributed by atoms with Gasteiger partial charge in [0, 0.05) is 6.92 Å². The van der Waals surface area contributed by atoms with Gasteiger partial charge in [-0.3, -0.25) is 20.3 Å². The third kappa shape index (κ3) is 6.64. The fourth-order valence-electron chi connectivity index (χ4n) is 1.33. The third-order valence-corrected chi connectivity index (χ3v) is 2.21. The highest BCUT2D eigenvalue weighted by Gasteiger charge is 2.12. The van der Waals surface area contributed by atoms with E-state index in [4.69, 9.17) is 5.73 Å². The van der Waals surface area contributed by atoms with Crippen molar-refractivity contribution in [2.24, 2.45) is 0 Å². The van der Waals surface area contributed by atoms with E-state index in [9.17, 15) is 14.4 Å². The predicted octanol–water partition coefficient (Wildman–Crippen LogP) is -0.497. The van der Waals surface area contributed by atoms with Crippen LogP contribution in [0, 0.1) is 0 Å². The summed E-state index contributed by atoms with van der Waals surface area (Å²) in [4.78, 5) is 39.8. The van der Waals surface area contributed by atoms with Gasteiger partial charge in [0.25, 0.3) is 0 Å². The second-order valence-electron chi connectivity index (χ2n) is 4.17. The van der Waals surface area contributed by atoms with Crippen molar-refractivity contribution in [2.45, 2.75) is 20.8 Å². The maximum atomic E-state index is 11.1. The second kappa shape index (κ2) is 9.59. The normalized spacial score (nSPS) is 9.56. The lowest BCUT2D eigenvalue weighted by Crippen LogP contribution is -2.08. The van der Waals surface area contributed by atoms with Crippen LogP contribution in [-0.4, -0.2) is 61.4 Å². The Balaban J connectivity index is 0.000000257. The summed E-state index contributed by atoms with van der Waals surface area (Å²) in [7, 11) is 0. The Morgan fingerprint density at radius 2 is 1.52 bits per heavy atom. The zero-order chi connectivity index (χ0) is 18.8. The van der Waals surface area contributed by atoms with Crippen molar-refractivity contribution < 1.29 is 23.9 Å². The number of hydrogen-bond acceptors (Lipinski definition) is 10. The Morgan fingerprint density at radius 3 is 1.96 bits per heavy atom. The molecule has 2 rings (SSSR count). The van der Waals surface area contributed by atoms with E-state index in [2.05, 4.69) is 45.2 Å². The number of nitrogens with zero attached hydrogens (tertiary/aromatic N) is 4. The standard InChI is InChI=1S/C7H10N4O3.C5H8N4O2/c1-3-14-6(13)5-9-7(11-10-5)8-4(2)12;1-2-11-4(10)3-7-5(6)9-8-3/h3H2,1-2H3,(H2,8,9,10,11,12);2H2,1H3,(H3,6,7,8,9). The van der Waals surface area contributed by atoms with Gasteiger partial charge in [0.2, 0.25) is 29.5 Å². The number of carbonyl (C=O) groups is 3. The van der Waals surface area contributed by atoms with Gasteiger partial charge in [-0.2, -0.15) is 9.97 Å². The van der Waals surface area contributed by atoms with Crippen molar-refractivity contribution in [1.82, 2.24) is 30.4 Å². The summed E-state index contributed by atoms with van der Waals surface area (Å²) in [6.07, 6.45) is 0. The van der Waals surface area contributed by atoms with Gasteiger partial charge in [0.05, 0.1) is 13.2 Å². The van der Waals surface area contributed by atoms with Crippen molar-refractivity contribution >= 4 is 29.7 Å². The Kier molecular flexibility index (Phi) is 7.49. The van der Waals surface area contributed by atoms with Crippen LogP contribution in [0.3, 0.4) is 0 Å². The van der Waals surface area contributed by atoms with Crippen LogP contribution in [0.1, 0.15) is 42.0 Å². The van der Waals surface area contributed by atoms with Gasteiger partial charge in [-0.25, -0.2) is 9.59 Å². The summed E-state index contributed by atoms with van der Waals surface area (Å²) < 4.78 is 9.27. The first-order chi connectivity index (χ1) is 11.9. The number of H-pyrrole nitrogens is 2. The summed E-state index contributed by atoms with van der Waals surface area (Å²) in [5, 5.41) is 14.0. The number of anilines is 2. The van der Waals surface area contributed by atoms with Gasteiger partial charge in [-0.15, -0.1) is 10.2 Å². The maximum Gasteiger partial charge on any atom is 0.375 e. The SMILES string of the molecule is CCOC(=O)c1nc(N)n[nH]1.CCOC(=O)c1nc(NC(C)=O)n[nH]1. The molecule has 25 heavy (non-hydrogen) atoms. The molecular formula is C12H18N8O5. The first-order valence-corrected chi connectivity index (χ1v) is 7.09. The number of amides is 1.